The summed E-state index contributed by atoms with van der Waals surface area (Å²) in [6.07, 6.45) is 5.81. The lowest BCUT2D eigenvalue weighted by Crippen LogP contribution is -2.40. The van der Waals surface area contributed by atoms with Gasteiger partial charge in [0.25, 0.3) is 0 Å². The molecule has 0 amide bonds. The van der Waals surface area contributed by atoms with Gasteiger partial charge in [-0.15, -0.1) is 0 Å². The fraction of sp³-hybridized carbons (Fsp3) is 0.714. The van der Waals surface area contributed by atoms with Crippen LogP contribution in [0.4, 0.5) is 11.6 Å². The van der Waals surface area contributed by atoms with Crippen molar-refractivity contribution in [3.63, 3.8) is 0 Å². The molecule has 0 bridgehead atoms. The van der Waals surface area contributed by atoms with Crippen LogP contribution in [-0.2, 0) is 6.42 Å². The van der Waals surface area contributed by atoms with Gasteiger partial charge in [-0.05, 0) is 32.6 Å². The molecule has 2 heterocycles. The lowest BCUT2D eigenvalue weighted by atomic mass is 9.99. The van der Waals surface area contributed by atoms with Gasteiger partial charge in [0.15, 0.2) is 0 Å². The van der Waals surface area contributed by atoms with Gasteiger partial charge in [0.1, 0.15) is 17.5 Å². The van der Waals surface area contributed by atoms with E-state index in [-0.39, 0.29) is 0 Å². The molecule has 0 spiro atoms. The second-order valence-electron chi connectivity index (χ2n) is 5.19. The summed E-state index contributed by atoms with van der Waals surface area (Å²) in [5, 5.41) is 0. The highest BCUT2D eigenvalue weighted by molar-refractivity contribution is 5.58. The van der Waals surface area contributed by atoms with Crippen LogP contribution in [0.1, 0.15) is 50.9 Å². The van der Waals surface area contributed by atoms with Gasteiger partial charge >= 0.3 is 0 Å². The zero-order valence-corrected chi connectivity index (χ0v) is 12.2. The van der Waals surface area contributed by atoms with E-state index in [1.807, 2.05) is 6.92 Å². The highest BCUT2D eigenvalue weighted by Crippen LogP contribution is 2.30. The summed E-state index contributed by atoms with van der Waals surface area (Å²) in [7, 11) is 0. The van der Waals surface area contributed by atoms with Gasteiger partial charge in [0.05, 0.1) is 0 Å². The third-order valence-electron chi connectivity index (χ3n) is 3.99. The Bertz CT molecular complexity index is 432. The number of hydrazine groups is 1. The maximum atomic E-state index is 5.58. The minimum absolute atomic E-state index is 0.595. The van der Waals surface area contributed by atoms with Crippen LogP contribution < -0.4 is 16.2 Å². The largest absolute Gasteiger partial charge is 0.353 e. The van der Waals surface area contributed by atoms with Crippen molar-refractivity contribution in [2.75, 3.05) is 16.9 Å². The Morgan fingerprint density at radius 3 is 2.74 bits per heavy atom. The first-order valence-corrected chi connectivity index (χ1v) is 7.32. The minimum Gasteiger partial charge on any atom is -0.353 e. The van der Waals surface area contributed by atoms with Crippen LogP contribution in [0.25, 0.3) is 0 Å². The molecule has 1 atom stereocenters. The Labute approximate surface area is 115 Å². The molecule has 1 unspecified atom stereocenters. The minimum atomic E-state index is 0.595. The molecule has 0 radical (unpaired) electrons. The first-order chi connectivity index (χ1) is 9.21. The van der Waals surface area contributed by atoms with E-state index in [4.69, 9.17) is 10.8 Å². The second-order valence-corrected chi connectivity index (χ2v) is 5.19. The molecule has 5 nitrogen and oxygen atoms in total. The third kappa shape index (κ3) is 2.81. The summed E-state index contributed by atoms with van der Waals surface area (Å²) in [5.74, 6) is 8.25. The normalized spacial score (nSPS) is 19.6. The first kappa shape index (κ1) is 14.1. The Hall–Kier alpha value is -1.36. The summed E-state index contributed by atoms with van der Waals surface area (Å²) in [6.45, 7) is 7.46. The van der Waals surface area contributed by atoms with E-state index in [1.165, 1.54) is 19.3 Å². The summed E-state index contributed by atoms with van der Waals surface area (Å²) in [6, 6.07) is 0.595. The average Bonchev–Trinajstić information content (AvgIpc) is 2.47. The zero-order valence-electron chi connectivity index (χ0n) is 12.2. The maximum Gasteiger partial charge on any atom is 0.148 e. The molecule has 2 rings (SSSR count). The van der Waals surface area contributed by atoms with Gasteiger partial charge in [-0.3, -0.25) is 0 Å². The van der Waals surface area contributed by atoms with Gasteiger partial charge in [-0.2, -0.15) is 0 Å². The van der Waals surface area contributed by atoms with E-state index in [0.29, 0.717) is 6.04 Å². The van der Waals surface area contributed by atoms with E-state index in [2.05, 4.69) is 29.2 Å². The number of nitrogens with two attached hydrogens (primary N) is 1. The molecule has 1 aliphatic heterocycles. The molecule has 0 aliphatic carbocycles. The third-order valence-corrected chi connectivity index (χ3v) is 3.99. The Balaban J connectivity index is 2.41. The number of anilines is 2. The lowest BCUT2D eigenvalue weighted by Gasteiger charge is -2.37. The quantitative estimate of drug-likeness (QED) is 0.645. The molecule has 1 fully saturated rings. The first-order valence-electron chi connectivity index (χ1n) is 7.32. The molecular formula is C14H25N5. The molecule has 0 saturated carbocycles. The molecule has 1 saturated heterocycles. The van der Waals surface area contributed by atoms with E-state index < -0.39 is 0 Å². The smallest absolute Gasteiger partial charge is 0.148 e. The van der Waals surface area contributed by atoms with Crippen LogP contribution in [0.3, 0.4) is 0 Å². The van der Waals surface area contributed by atoms with E-state index >= 15 is 0 Å². The number of nitrogens with zero attached hydrogens (tertiary/aromatic N) is 3. The number of hydrogen-bond acceptors (Lipinski definition) is 5. The molecule has 106 valence electrons. The standard InChI is InChI=1S/C14H25N5/c1-4-11-8-6-7-9-19(11)14-10(3)13(18-15)16-12(5-2)17-14/h11H,4-9,15H2,1-3H3,(H,16,17,18). The van der Waals surface area contributed by atoms with Crippen molar-refractivity contribution < 1.29 is 0 Å². The van der Waals surface area contributed by atoms with Crippen molar-refractivity contribution in [3.8, 4) is 0 Å². The van der Waals surface area contributed by atoms with Gasteiger partial charge < -0.3 is 10.3 Å². The highest BCUT2D eigenvalue weighted by Gasteiger charge is 2.25. The monoisotopic (exact) mass is 263 g/mol. The predicted molar refractivity (Wildman–Crippen MR) is 79.2 cm³/mol. The molecule has 1 aromatic heterocycles. The van der Waals surface area contributed by atoms with Gasteiger partial charge in [0, 0.05) is 24.6 Å². The SMILES string of the molecule is CCc1nc(NN)c(C)c(N2CCCCC2CC)n1. The Morgan fingerprint density at radius 2 is 2.11 bits per heavy atom. The van der Waals surface area contributed by atoms with Crippen LogP contribution in [0, 0.1) is 6.92 Å². The topological polar surface area (TPSA) is 67.1 Å². The highest BCUT2D eigenvalue weighted by atomic mass is 15.3. The van der Waals surface area contributed by atoms with Crippen molar-refractivity contribution in [2.45, 2.75) is 58.9 Å². The zero-order chi connectivity index (χ0) is 13.8. The Morgan fingerprint density at radius 1 is 1.32 bits per heavy atom. The Kier molecular flexibility index (Phi) is 4.58. The summed E-state index contributed by atoms with van der Waals surface area (Å²) < 4.78 is 0. The number of nitrogen functional groups attached to an aromatic ring is 1. The fourth-order valence-electron chi connectivity index (χ4n) is 2.83. The van der Waals surface area contributed by atoms with Gasteiger partial charge in [-0.25, -0.2) is 15.8 Å². The summed E-state index contributed by atoms with van der Waals surface area (Å²) >= 11 is 0. The predicted octanol–water partition coefficient (Wildman–Crippen LogP) is 2.40. The van der Waals surface area contributed by atoms with Crippen molar-refractivity contribution in [1.29, 1.82) is 0 Å². The number of rotatable bonds is 4. The second kappa shape index (κ2) is 6.19. The van der Waals surface area contributed by atoms with Crippen LogP contribution in [0.15, 0.2) is 0 Å². The van der Waals surface area contributed by atoms with Crippen LogP contribution in [0.5, 0.6) is 0 Å². The molecule has 1 aromatic rings. The number of piperidine rings is 1. The van der Waals surface area contributed by atoms with Crippen molar-refractivity contribution >= 4 is 11.6 Å². The molecule has 19 heavy (non-hydrogen) atoms. The number of hydrogen-bond donors (Lipinski definition) is 2. The average molecular weight is 263 g/mol. The van der Waals surface area contributed by atoms with Gasteiger partial charge in [0.2, 0.25) is 0 Å². The molecule has 5 heteroatoms. The molecule has 0 aromatic carbocycles. The summed E-state index contributed by atoms with van der Waals surface area (Å²) in [4.78, 5) is 11.6. The van der Waals surface area contributed by atoms with E-state index in [0.717, 1.165) is 42.4 Å². The number of aryl methyl sites for hydroxylation is 1. The maximum absolute atomic E-state index is 5.58. The van der Waals surface area contributed by atoms with Crippen molar-refractivity contribution in [3.05, 3.63) is 11.4 Å². The number of aromatic nitrogens is 2. The van der Waals surface area contributed by atoms with E-state index in [9.17, 15) is 0 Å². The number of nitrogens with one attached hydrogen (secondary N) is 1. The van der Waals surface area contributed by atoms with Crippen molar-refractivity contribution in [1.82, 2.24) is 9.97 Å². The van der Waals surface area contributed by atoms with Crippen LogP contribution in [-0.4, -0.2) is 22.6 Å². The summed E-state index contributed by atoms with van der Waals surface area (Å²) in [5.41, 5.74) is 3.76. The molecule has 1 aliphatic rings. The van der Waals surface area contributed by atoms with Crippen molar-refractivity contribution in [2.24, 2.45) is 5.84 Å². The van der Waals surface area contributed by atoms with E-state index in [1.54, 1.807) is 0 Å². The van der Waals surface area contributed by atoms with Gasteiger partial charge in [-0.1, -0.05) is 13.8 Å². The van der Waals surface area contributed by atoms with Crippen LogP contribution in [0.2, 0.25) is 0 Å². The molecule has 3 N–H and O–H groups in total. The molecular weight excluding hydrogens is 238 g/mol. The fourth-order valence-corrected chi connectivity index (χ4v) is 2.83. The van der Waals surface area contributed by atoms with Crippen LogP contribution >= 0.6 is 0 Å². The lowest BCUT2D eigenvalue weighted by molar-refractivity contribution is 0.445.